The quantitative estimate of drug-likeness (QED) is 0.898. The molecule has 0 unspecified atom stereocenters. The van der Waals surface area contributed by atoms with E-state index in [0.29, 0.717) is 18.0 Å². The van der Waals surface area contributed by atoms with Gasteiger partial charge in [-0.25, -0.2) is 0 Å². The Labute approximate surface area is 117 Å². The van der Waals surface area contributed by atoms with Gasteiger partial charge in [0.2, 0.25) is 5.91 Å². The first kappa shape index (κ1) is 12.3. The molecule has 1 aromatic carbocycles. The largest absolute Gasteiger partial charge is 0.365 e. The number of fused-ring (bicyclic) bond motifs is 1. The smallest absolute Gasteiger partial charge is 0.227 e. The maximum atomic E-state index is 12.3. The van der Waals surface area contributed by atoms with Crippen molar-refractivity contribution < 1.29 is 4.79 Å². The highest BCUT2D eigenvalue weighted by Gasteiger charge is 2.21. The first-order valence-electron chi connectivity index (χ1n) is 6.40. The topological polar surface area (TPSA) is 36.1 Å². The van der Waals surface area contributed by atoms with E-state index in [-0.39, 0.29) is 5.91 Å². The molecule has 0 saturated heterocycles. The third kappa shape index (κ3) is 2.51. The van der Waals surface area contributed by atoms with Gasteiger partial charge in [-0.1, -0.05) is 29.8 Å². The molecule has 0 radical (unpaired) electrons. The number of carbonyl (C=O) groups is 1. The van der Waals surface area contributed by atoms with E-state index in [2.05, 4.69) is 4.98 Å². The van der Waals surface area contributed by atoms with Crippen LogP contribution < -0.4 is 0 Å². The van der Waals surface area contributed by atoms with Crippen LogP contribution in [-0.2, 0) is 24.2 Å². The normalized spacial score (nSPS) is 14.3. The van der Waals surface area contributed by atoms with Crippen LogP contribution in [0.2, 0.25) is 5.02 Å². The van der Waals surface area contributed by atoms with E-state index < -0.39 is 0 Å². The minimum atomic E-state index is 0.139. The van der Waals surface area contributed by atoms with Crippen molar-refractivity contribution >= 4 is 17.5 Å². The lowest BCUT2D eigenvalue weighted by molar-refractivity contribution is -0.131. The first-order chi connectivity index (χ1) is 9.24. The van der Waals surface area contributed by atoms with Crippen molar-refractivity contribution in [2.45, 2.75) is 19.4 Å². The van der Waals surface area contributed by atoms with E-state index in [1.165, 1.54) is 11.3 Å². The summed E-state index contributed by atoms with van der Waals surface area (Å²) in [5, 5.41) is 0.662. The molecule has 0 fully saturated rings. The summed E-state index contributed by atoms with van der Waals surface area (Å²) in [6, 6.07) is 9.57. The molecule has 1 aliphatic heterocycles. The molecule has 98 valence electrons. The van der Waals surface area contributed by atoms with Crippen LogP contribution in [0.15, 0.2) is 36.5 Å². The van der Waals surface area contributed by atoms with Crippen molar-refractivity contribution in [3.63, 3.8) is 0 Å². The van der Waals surface area contributed by atoms with E-state index in [9.17, 15) is 4.79 Å². The number of amides is 1. The molecule has 3 rings (SSSR count). The summed E-state index contributed by atoms with van der Waals surface area (Å²) in [4.78, 5) is 17.4. The van der Waals surface area contributed by atoms with Gasteiger partial charge in [0, 0.05) is 36.4 Å². The summed E-state index contributed by atoms with van der Waals surface area (Å²) in [6.45, 7) is 1.47. The molecule has 4 heteroatoms. The predicted octanol–water partition coefficient (Wildman–Crippen LogP) is 2.80. The second-order valence-electron chi connectivity index (χ2n) is 4.81. The summed E-state index contributed by atoms with van der Waals surface area (Å²) in [7, 11) is 0. The first-order valence-corrected chi connectivity index (χ1v) is 6.78. The third-order valence-corrected chi connectivity index (χ3v) is 3.94. The van der Waals surface area contributed by atoms with Gasteiger partial charge in [0.15, 0.2) is 0 Å². The highest BCUT2D eigenvalue weighted by atomic mass is 35.5. The van der Waals surface area contributed by atoms with Gasteiger partial charge in [-0.2, -0.15) is 0 Å². The molecule has 0 bridgehead atoms. The zero-order valence-corrected chi connectivity index (χ0v) is 11.3. The number of H-pyrrole nitrogens is 1. The fourth-order valence-electron chi connectivity index (χ4n) is 2.48. The Bertz CT molecular complexity index is 606. The van der Waals surface area contributed by atoms with Gasteiger partial charge < -0.3 is 9.88 Å². The van der Waals surface area contributed by atoms with Crippen molar-refractivity contribution in [1.82, 2.24) is 9.88 Å². The molecule has 1 N–H and O–H groups in total. The lowest BCUT2D eigenvalue weighted by atomic mass is 10.1. The van der Waals surface area contributed by atoms with Gasteiger partial charge >= 0.3 is 0 Å². The number of aromatic amines is 1. The Balaban J connectivity index is 1.71. The van der Waals surface area contributed by atoms with Crippen LogP contribution in [0.5, 0.6) is 0 Å². The van der Waals surface area contributed by atoms with Crippen LogP contribution in [0.4, 0.5) is 0 Å². The van der Waals surface area contributed by atoms with Crippen molar-refractivity contribution in [3.05, 3.63) is 58.4 Å². The molecule has 1 aliphatic rings. The number of nitrogens with zero attached hydrogens (tertiary/aromatic N) is 1. The second kappa shape index (κ2) is 5.10. The molecule has 3 nitrogen and oxygen atoms in total. The summed E-state index contributed by atoms with van der Waals surface area (Å²) < 4.78 is 0. The highest BCUT2D eigenvalue weighted by molar-refractivity contribution is 6.31. The van der Waals surface area contributed by atoms with Crippen LogP contribution in [0.3, 0.4) is 0 Å². The molecule has 0 saturated carbocycles. The Morgan fingerprint density at radius 3 is 3.00 bits per heavy atom. The Kier molecular flexibility index (Phi) is 3.30. The molecule has 0 aliphatic carbocycles. The Morgan fingerprint density at radius 1 is 1.32 bits per heavy atom. The predicted molar refractivity (Wildman–Crippen MR) is 75.1 cm³/mol. The van der Waals surface area contributed by atoms with Gasteiger partial charge in [-0.3, -0.25) is 4.79 Å². The molecule has 19 heavy (non-hydrogen) atoms. The molecule has 1 aromatic heterocycles. The maximum absolute atomic E-state index is 12.3. The van der Waals surface area contributed by atoms with Crippen LogP contribution in [0.1, 0.15) is 16.8 Å². The van der Waals surface area contributed by atoms with Gasteiger partial charge in [-0.15, -0.1) is 0 Å². The van der Waals surface area contributed by atoms with Crippen LogP contribution in [0, 0.1) is 0 Å². The SMILES string of the molecule is O=C(Cc1ccccc1Cl)N1CCc2[nH]ccc2C1. The monoisotopic (exact) mass is 274 g/mol. The molecule has 2 aromatic rings. The number of rotatable bonds is 2. The van der Waals surface area contributed by atoms with Gasteiger partial charge in [0.25, 0.3) is 0 Å². The Morgan fingerprint density at radius 2 is 2.16 bits per heavy atom. The zero-order valence-electron chi connectivity index (χ0n) is 10.5. The average molecular weight is 275 g/mol. The maximum Gasteiger partial charge on any atom is 0.227 e. The van der Waals surface area contributed by atoms with E-state index in [0.717, 1.165) is 18.5 Å². The fraction of sp³-hybridized carbons (Fsp3) is 0.267. The fourth-order valence-corrected chi connectivity index (χ4v) is 2.68. The van der Waals surface area contributed by atoms with Crippen molar-refractivity contribution in [2.75, 3.05) is 6.54 Å². The highest BCUT2D eigenvalue weighted by Crippen LogP contribution is 2.20. The summed E-state index contributed by atoms with van der Waals surface area (Å²) in [5.74, 6) is 0.139. The van der Waals surface area contributed by atoms with Gasteiger partial charge in [0.05, 0.1) is 6.42 Å². The van der Waals surface area contributed by atoms with Gasteiger partial charge in [0.1, 0.15) is 0 Å². The van der Waals surface area contributed by atoms with Crippen molar-refractivity contribution in [2.24, 2.45) is 0 Å². The number of halogens is 1. The molecule has 0 atom stereocenters. The lowest BCUT2D eigenvalue weighted by Crippen LogP contribution is -2.36. The van der Waals surface area contributed by atoms with Crippen LogP contribution >= 0.6 is 11.6 Å². The van der Waals surface area contributed by atoms with E-state index >= 15 is 0 Å². The summed E-state index contributed by atoms with van der Waals surface area (Å²) >= 11 is 6.10. The van der Waals surface area contributed by atoms with E-state index in [4.69, 9.17) is 11.6 Å². The number of nitrogens with one attached hydrogen (secondary N) is 1. The van der Waals surface area contributed by atoms with E-state index in [1.807, 2.05) is 41.4 Å². The Hall–Kier alpha value is -1.74. The standard InChI is InChI=1S/C15H15ClN2O/c16-13-4-2-1-3-11(13)9-15(19)18-8-6-14-12(10-18)5-7-17-14/h1-5,7,17H,6,8-10H2. The zero-order chi connectivity index (χ0) is 13.2. The third-order valence-electron chi connectivity index (χ3n) is 3.57. The molecule has 0 spiro atoms. The molecular formula is C15H15ClN2O. The summed E-state index contributed by atoms with van der Waals surface area (Å²) in [5.41, 5.74) is 3.37. The van der Waals surface area contributed by atoms with Crippen LogP contribution in [0.25, 0.3) is 0 Å². The lowest BCUT2D eigenvalue weighted by Gasteiger charge is -2.27. The van der Waals surface area contributed by atoms with Crippen molar-refractivity contribution in [3.8, 4) is 0 Å². The minimum absolute atomic E-state index is 0.139. The number of carbonyl (C=O) groups excluding carboxylic acids is 1. The number of hydrogen-bond donors (Lipinski definition) is 1. The number of aromatic nitrogens is 1. The van der Waals surface area contributed by atoms with Gasteiger partial charge in [-0.05, 0) is 23.3 Å². The molecular weight excluding hydrogens is 260 g/mol. The van der Waals surface area contributed by atoms with Crippen LogP contribution in [-0.4, -0.2) is 22.3 Å². The molecule has 1 amide bonds. The second-order valence-corrected chi connectivity index (χ2v) is 5.22. The van der Waals surface area contributed by atoms with Crippen molar-refractivity contribution in [1.29, 1.82) is 0 Å². The number of hydrogen-bond acceptors (Lipinski definition) is 1. The minimum Gasteiger partial charge on any atom is -0.365 e. The van der Waals surface area contributed by atoms with E-state index in [1.54, 1.807) is 0 Å². The number of benzene rings is 1. The summed E-state index contributed by atoms with van der Waals surface area (Å²) in [6.07, 6.45) is 3.21. The average Bonchev–Trinajstić information content (AvgIpc) is 2.88. The molecule has 2 heterocycles.